The van der Waals surface area contributed by atoms with E-state index < -0.39 is 0 Å². The molecule has 122 valence electrons. The highest BCUT2D eigenvalue weighted by atomic mass is 35.5. The van der Waals surface area contributed by atoms with Crippen LogP contribution in [0.15, 0.2) is 48.5 Å². The van der Waals surface area contributed by atoms with Crippen molar-refractivity contribution in [3.05, 3.63) is 59.1 Å². The molecule has 0 radical (unpaired) electrons. The Morgan fingerprint density at radius 2 is 1.91 bits per heavy atom. The van der Waals surface area contributed by atoms with Crippen molar-refractivity contribution in [1.29, 1.82) is 0 Å². The van der Waals surface area contributed by atoms with E-state index in [1.807, 2.05) is 24.3 Å². The zero-order chi connectivity index (χ0) is 16.1. The minimum absolute atomic E-state index is 0.526. The molecule has 3 rings (SSSR count). The van der Waals surface area contributed by atoms with Gasteiger partial charge in [-0.15, -0.1) is 0 Å². The van der Waals surface area contributed by atoms with Crippen molar-refractivity contribution in [2.75, 3.05) is 25.5 Å². The summed E-state index contributed by atoms with van der Waals surface area (Å²) in [6, 6.07) is 16.8. The molecule has 0 bridgehead atoms. The fraction of sp³-hybridized carbons (Fsp3) is 0.368. The molecule has 1 aliphatic rings. The fourth-order valence-electron chi connectivity index (χ4n) is 3.08. The molecule has 3 nitrogen and oxygen atoms in total. The summed E-state index contributed by atoms with van der Waals surface area (Å²) in [7, 11) is 1.70. The maximum Gasteiger partial charge on any atom is 0.120 e. The molecule has 1 fully saturated rings. The number of nitrogens with zero attached hydrogens (tertiary/aromatic N) is 1. The summed E-state index contributed by atoms with van der Waals surface area (Å²) in [4.78, 5) is 2.50. The predicted molar refractivity (Wildman–Crippen MR) is 96.4 cm³/mol. The Bertz CT molecular complexity index is 639. The molecule has 0 saturated carbocycles. The standard InChI is InChI=1S/C19H23ClN2O/c1-23-19-7-3-6-18(13-19)21-17-8-10-22(11-9-17)14-15-4-2-5-16(20)12-15/h2-7,12-13,17,21H,8-11,14H2,1H3. The summed E-state index contributed by atoms with van der Waals surface area (Å²) < 4.78 is 5.28. The highest BCUT2D eigenvalue weighted by Crippen LogP contribution is 2.22. The molecule has 1 aliphatic heterocycles. The molecule has 1 saturated heterocycles. The molecule has 0 aliphatic carbocycles. The van der Waals surface area contributed by atoms with Crippen LogP contribution in [0.25, 0.3) is 0 Å². The van der Waals surface area contributed by atoms with E-state index in [1.54, 1.807) is 7.11 Å². The first-order valence-corrected chi connectivity index (χ1v) is 8.48. The number of anilines is 1. The molecule has 0 aromatic heterocycles. The van der Waals surface area contributed by atoms with Crippen LogP contribution in [0.2, 0.25) is 5.02 Å². The second-order valence-electron chi connectivity index (χ2n) is 6.06. The molecular formula is C19H23ClN2O. The number of hydrogen-bond acceptors (Lipinski definition) is 3. The molecule has 0 atom stereocenters. The van der Waals surface area contributed by atoms with Crippen molar-refractivity contribution in [2.24, 2.45) is 0 Å². The van der Waals surface area contributed by atoms with Crippen molar-refractivity contribution >= 4 is 17.3 Å². The van der Waals surface area contributed by atoms with E-state index in [0.717, 1.165) is 48.9 Å². The van der Waals surface area contributed by atoms with Crippen LogP contribution in [0, 0.1) is 0 Å². The third-order valence-electron chi connectivity index (χ3n) is 4.32. The van der Waals surface area contributed by atoms with Crippen LogP contribution >= 0.6 is 11.6 Å². The van der Waals surface area contributed by atoms with Gasteiger partial charge in [0.1, 0.15) is 5.75 Å². The molecule has 23 heavy (non-hydrogen) atoms. The fourth-order valence-corrected chi connectivity index (χ4v) is 3.29. The van der Waals surface area contributed by atoms with E-state index >= 15 is 0 Å². The van der Waals surface area contributed by atoms with Crippen LogP contribution in [0.4, 0.5) is 5.69 Å². The average Bonchev–Trinajstić information content (AvgIpc) is 2.57. The number of rotatable bonds is 5. The first-order chi connectivity index (χ1) is 11.2. The van der Waals surface area contributed by atoms with Gasteiger partial charge in [-0.25, -0.2) is 0 Å². The van der Waals surface area contributed by atoms with Gasteiger partial charge in [0.15, 0.2) is 0 Å². The Balaban J connectivity index is 1.50. The van der Waals surface area contributed by atoms with E-state index in [2.05, 4.69) is 34.5 Å². The lowest BCUT2D eigenvalue weighted by molar-refractivity contribution is 0.211. The van der Waals surface area contributed by atoms with Crippen LogP contribution in [0.3, 0.4) is 0 Å². The number of ether oxygens (including phenoxy) is 1. The number of benzene rings is 2. The highest BCUT2D eigenvalue weighted by Gasteiger charge is 2.19. The lowest BCUT2D eigenvalue weighted by Crippen LogP contribution is -2.38. The number of likely N-dealkylation sites (tertiary alicyclic amines) is 1. The van der Waals surface area contributed by atoms with Gasteiger partial charge in [-0.05, 0) is 42.7 Å². The molecule has 1 heterocycles. The van der Waals surface area contributed by atoms with Gasteiger partial charge < -0.3 is 10.1 Å². The summed E-state index contributed by atoms with van der Waals surface area (Å²) in [6.45, 7) is 3.19. The van der Waals surface area contributed by atoms with Gasteiger partial charge in [-0.2, -0.15) is 0 Å². The third-order valence-corrected chi connectivity index (χ3v) is 4.56. The van der Waals surface area contributed by atoms with E-state index in [4.69, 9.17) is 16.3 Å². The first-order valence-electron chi connectivity index (χ1n) is 8.10. The summed E-state index contributed by atoms with van der Waals surface area (Å²) in [6.07, 6.45) is 2.30. The number of halogens is 1. The van der Waals surface area contributed by atoms with Crippen molar-refractivity contribution in [2.45, 2.75) is 25.4 Å². The Morgan fingerprint density at radius 1 is 1.13 bits per heavy atom. The lowest BCUT2D eigenvalue weighted by atomic mass is 10.0. The topological polar surface area (TPSA) is 24.5 Å². The maximum atomic E-state index is 6.06. The van der Waals surface area contributed by atoms with E-state index in [1.165, 1.54) is 5.56 Å². The normalized spacial score (nSPS) is 16.3. The van der Waals surface area contributed by atoms with Crippen molar-refractivity contribution in [3.8, 4) is 5.75 Å². The average molecular weight is 331 g/mol. The smallest absolute Gasteiger partial charge is 0.120 e. The van der Waals surface area contributed by atoms with Crippen LogP contribution in [-0.4, -0.2) is 31.1 Å². The maximum absolute atomic E-state index is 6.06. The van der Waals surface area contributed by atoms with Gasteiger partial charge >= 0.3 is 0 Å². The Hall–Kier alpha value is -1.71. The van der Waals surface area contributed by atoms with Crippen LogP contribution in [-0.2, 0) is 6.54 Å². The molecule has 0 unspecified atom stereocenters. The Kier molecular flexibility index (Phi) is 5.42. The molecule has 1 N–H and O–H groups in total. The largest absolute Gasteiger partial charge is 0.497 e. The zero-order valence-electron chi connectivity index (χ0n) is 13.5. The SMILES string of the molecule is COc1cccc(NC2CCN(Cc3cccc(Cl)c3)CC2)c1. The minimum atomic E-state index is 0.526. The quantitative estimate of drug-likeness (QED) is 0.878. The van der Waals surface area contributed by atoms with E-state index in [9.17, 15) is 0 Å². The molecule has 0 amide bonds. The van der Waals surface area contributed by atoms with Crippen molar-refractivity contribution in [3.63, 3.8) is 0 Å². The van der Waals surface area contributed by atoms with Gasteiger partial charge in [0.05, 0.1) is 7.11 Å². The number of piperidine rings is 1. The predicted octanol–water partition coefficient (Wildman–Crippen LogP) is 4.43. The summed E-state index contributed by atoms with van der Waals surface area (Å²) >= 11 is 6.06. The van der Waals surface area contributed by atoms with Gasteiger partial charge in [0.2, 0.25) is 0 Å². The van der Waals surface area contributed by atoms with Crippen LogP contribution < -0.4 is 10.1 Å². The van der Waals surface area contributed by atoms with Crippen molar-refractivity contribution in [1.82, 2.24) is 4.90 Å². The molecule has 2 aromatic carbocycles. The van der Waals surface area contributed by atoms with Crippen LogP contribution in [0.5, 0.6) is 5.75 Å². The minimum Gasteiger partial charge on any atom is -0.497 e. The summed E-state index contributed by atoms with van der Waals surface area (Å²) in [5.74, 6) is 0.897. The molecule has 0 spiro atoms. The number of hydrogen-bond donors (Lipinski definition) is 1. The van der Waals surface area contributed by atoms with E-state index in [-0.39, 0.29) is 0 Å². The molecule has 4 heteroatoms. The van der Waals surface area contributed by atoms with Crippen LogP contribution in [0.1, 0.15) is 18.4 Å². The zero-order valence-corrected chi connectivity index (χ0v) is 14.2. The summed E-state index contributed by atoms with van der Waals surface area (Å²) in [5.41, 5.74) is 2.43. The second-order valence-corrected chi connectivity index (χ2v) is 6.49. The lowest BCUT2D eigenvalue weighted by Gasteiger charge is -2.33. The number of methoxy groups -OCH3 is 1. The number of nitrogens with one attached hydrogen (secondary N) is 1. The molecule has 2 aromatic rings. The first kappa shape index (κ1) is 16.2. The van der Waals surface area contributed by atoms with Gasteiger partial charge in [0, 0.05) is 42.5 Å². The second kappa shape index (κ2) is 7.71. The van der Waals surface area contributed by atoms with Crippen molar-refractivity contribution < 1.29 is 4.74 Å². The molecular weight excluding hydrogens is 308 g/mol. The third kappa shape index (κ3) is 4.63. The highest BCUT2D eigenvalue weighted by molar-refractivity contribution is 6.30. The Labute approximate surface area is 143 Å². The summed E-state index contributed by atoms with van der Waals surface area (Å²) in [5, 5.41) is 4.44. The monoisotopic (exact) mass is 330 g/mol. The van der Waals surface area contributed by atoms with Gasteiger partial charge in [-0.1, -0.05) is 29.8 Å². The Morgan fingerprint density at radius 3 is 2.65 bits per heavy atom. The van der Waals surface area contributed by atoms with Gasteiger partial charge in [-0.3, -0.25) is 4.90 Å². The van der Waals surface area contributed by atoms with Gasteiger partial charge in [0.25, 0.3) is 0 Å². The van der Waals surface area contributed by atoms with E-state index in [0.29, 0.717) is 6.04 Å².